The first-order valence-electron chi connectivity index (χ1n) is 11.1. The SMILES string of the molecule is CCC[C@@H](NC(=O)OCC1c2ccccc2-c2ccccc21)C(=O)N[C@H](CCSC)C(=O)O. The lowest BCUT2D eigenvalue weighted by Gasteiger charge is -2.21. The number of hydrogen-bond acceptors (Lipinski definition) is 5. The summed E-state index contributed by atoms with van der Waals surface area (Å²) in [5, 5.41) is 14.5. The van der Waals surface area contributed by atoms with Crippen molar-refractivity contribution in [2.24, 2.45) is 0 Å². The summed E-state index contributed by atoms with van der Waals surface area (Å²) in [7, 11) is 0. The first-order valence-corrected chi connectivity index (χ1v) is 12.5. The number of thioether (sulfide) groups is 1. The zero-order valence-corrected chi connectivity index (χ0v) is 19.7. The highest BCUT2D eigenvalue weighted by Gasteiger charge is 2.30. The van der Waals surface area contributed by atoms with E-state index < -0.39 is 30.1 Å². The predicted molar refractivity (Wildman–Crippen MR) is 129 cm³/mol. The van der Waals surface area contributed by atoms with E-state index in [9.17, 15) is 19.5 Å². The number of benzene rings is 2. The van der Waals surface area contributed by atoms with E-state index in [2.05, 4.69) is 22.8 Å². The smallest absolute Gasteiger partial charge is 0.407 e. The summed E-state index contributed by atoms with van der Waals surface area (Å²) >= 11 is 1.51. The molecule has 0 aliphatic heterocycles. The Morgan fingerprint density at radius 1 is 0.970 bits per heavy atom. The average Bonchev–Trinajstić information content (AvgIpc) is 3.13. The van der Waals surface area contributed by atoms with Crippen molar-refractivity contribution in [2.75, 3.05) is 18.6 Å². The van der Waals surface area contributed by atoms with E-state index in [1.165, 1.54) is 11.8 Å². The Balaban J connectivity index is 1.62. The molecule has 1 aliphatic rings. The van der Waals surface area contributed by atoms with Gasteiger partial charge in [0.25, 0.3) is 0 Å². The molecule has 2 aromatic carbocycles. The standard InChI is InChI=1S/C25H30N2O5S/c1-3-8-21(23(28)26-22(24(29)30)13-14-33-2)27-25(31)32-15-20-18-11-6-4-9-16(18)17-10-5-7-12-19(17)20/h4-7,9-12,20-22H,3,8,13-15H2,1-2H3,(H,26,28)(H,27,31)(H,29,30)/t21-,22-/m1/s1. The minimum Gasteiger partial charge on any atom is -0.480 e. The minimum atomic E-state index is -1.09. The van der Waals surface area contributed by atoms with E-state index in [0.717, 1.165) is 22.3 Å². The highest BCUT2D eigenvalue weighted by molar-refractivity contribution is 7.98. The molecule has 0 heterocycles. The summed E-state index contributed by atoms with van der Waals surface area (Å²) in [6.45, 7) is 2.04. The van der Waals surface area contributed by atoms with Crippen LogP contribution < -0.4 is 10.6 Å². The van der Waals surface area contributed by atoms with Crippen LogP contribution in [0.25, 0.3) is 11.1 Å². The van der Waals surface area contributed by atoms with Crippen molar-refractivity contribution in [2.45, 2.75) is 44.2 Å². The first-order chi connectivity index (χ1) is 16.0. The molecule has 1 aliphatic carbocycles. The molecule has 0 spiro atoms. The lowest BCUT2D eigenvalue weighted by Crippen LogP contribution is -2.51. The van der Waals surface area contributed by atoms with Crippen molar-refractivity contribution in [3.8, 4) is 11.1 Å². The molecule has 2 atom stereocenters. The number of carbonyl (C=O) groups is 3. The lowest BCUT2D eigenvalue weighted by molar-refractivity contribution is -0.142. The lowest BCUT2D eigenvalue weighted by atomic mass is 9.98. The normalized spacial score (nSPS) is 14.0. The Kier molecular flexibility index (Phi) is 8.77. The molecule has 2 aromatic rings. The summed E-state index contributed by atoms with van der Waals surface area (Å²) in [6, 6.07) is 14.3. The van der Waals surface area contributed by atoms with Crippen LogP contribution in [0.1, 0.15) is 43.2 Å². The molecule has 33 heavy (non-hydrogen) atoms. The van der Waals surface area contributed by atoms with Crippen LogP contribution in [0.4, 0.5) is 4.79 Å². The monoisotopic (exact) mass is 470 g/mol. The minimum absolute atomic E-state index is 0.0791. The molecular weight excluding hydrogens is 440 g/mol. The van der Waals surface area contributed by atoms with Crippen molar-refractivity contribution < 1.29 is 24.2 Å². The number of carboxylic acids is 1. The highest BCUT2D eigenvalue weighted by Crippen LogP contribution is 2.44. The number of ether oxygens (including phenoxy) is 1. The van der Waals surface area contributed by atoms with Gasteiger partial charge in [0.15, 0.2) is 0 Å². The van der Waals surface area contributed by atoms with Gasteiger partial charge in [-0.25, -0.2) is 9.59 Å². The summed E-state index contributed by atoms with van der Waals surface area (Å²) in [6.07, 6.45) is 2.52. The zero-order valence-electron chi connectivity index (χ0n) is 18.9. The van der Waals surface area contributed by atoms with Crippen molar-refractivity contribution in [1.82, 2.24) is 10.6 Å². The molecule has 0 fully saturated rings. The van der Waals surface area contributed by atoms with Crippen LogP contribution in [0.3, 0.4) is 0 Å². The highest BCUT2D eigenvalue weighted by atomic mass is 32.2. The van der Waals surface area contributed by atoms with Gasteiger partial charge < -0.3 is 20.5 Å². The fourth-order valence-corrected chi connectivity index (χ4v) is 4.58. The summed E-state index contributed by atoms with van der Waals surface area (Å²) in [4.78, 5) is 36.7. The Bertz CT molecular complexity index is 951. The third kappa shape index (κ3) is 6.07. The molecule has 176 valence electrons. The van der Waals surface area contributed by atoms with Crippen molar-refractivity contribution in [1.29, 1.82) is 0 Å². The van der Waals surface area contributed by atoms with Crippen LogP contribution >= 0.6 is 11.8 Å². The molecule has 0 bridgehead atoms. The van der Waals surface area contributed by atoms with Gasteiger partial charge >= 0.3 is 12.1 Å². The maximum Gasteiger partial charge on any atom is 0.407 e. The van der Waals surface area contributed by atoms with E-state index in [0.29, 0.717) is 25.0 Å². The van der Waals surface area contributed by atoms with Crippen LogP contribution in [-0.4, -0.2) is 53.8 Å². The molecule has 2 amide bonds. The Labute approximate surface area is 198 Å². The van der Waals surface area contributed by atoms with Crippen LogP contribution in [0.5, 0.6) is 0 Å². The van der Waals surface area contributed by atoms with Crippen molar-refractivity contribution in [3.63, 3.8) is 0 Å². The van der Waals surface area contributed by atoms with E-state index in [1.807, 2.05) is 49.6 Å². The number of hydrogen-bond donors (Lipinski definition) is 3. The van der Waals surface area contributed by atoms with Crippen LogP contribution in [0.2, 0.25) is 0 Å². The Morgan fingerprint density at radius 3 is 2.12 bits per heavy atom. The Morgan fingerprint density at radius 2 is 1.58 bits per heavy atom. The molecule has 0 saturated carbocycles. The van der Waals surface area contributed by atoms with E-state index in [4.69, 9.17) is 4.74 Å². The molecule has 3 rings (SSSR count). The van der Waals surface area contributed by atoms with Gasteiger partial charge in [0, 0.05) is 5.92 Å². The predicted octanol–water partition coefficient (Wildman–Crippen LogP) is 4.02. The van der Waals surface area contributed by atoms with Gasteiger partial charge in [-0.05, 0) is 47.1 Å². The molecule has 3 N–H and O–H groups in total. The quantitative estimate of drug-likeness (QED) is 0.458. The van der Waals surface area contributed by atoms with Crippen molar-refractivity contribution >= 4 is 29.7 Å². The number of carboxylic acid groups (broad SMARTS) is 1. The summed E-state index contributed by atoms with van der Waals surface area (Å²) in [5.41, 5.74) is 4.48. The largest absolute Gasteiger partial charge is 0.480 e. The second-order valence-electron chi connectivity index (χ2n) is 7.99. The fraction of sp³-hybridized carbons (Fsp3) is 0.400. The van der Waals surface area contributed by atoms with Crippen LogP contribution in [0, 0.1) is 0 Å². The zero-order chi connectivity index (χ0) is 23.8. The number of aliphatic carboxylic acids is 1. The van der Waals surface area contributed by atoms with E-state index in [-0.39, 0.29) is 12.5 Å². The van der Waals surface area contributed by atoms with E-state index >= 15 is 0 Å². The fourth-order valence-electron chi connectivity index (χ4n) is 4.11. The summed E-state index contributed by atoms with van der Waals surface area (Å²) in [5.74, 6) is -1.08. The molecule has 0 aromatic heterocycles. The second-order valence-corrected chi connectivity index (χ2v) is 8.98. The van der Waals surface area contributed by atoms with Gasteiger partial charge in [0.1, 0.15) is 18.7 Å². The molecule has 0 radical (unpaired) electrons. The van der Waals surface area contributed by atoms with Crippen molar-refractivity contribution in [3.05, 3.63) is 59.7 Å². The number of alkyl carbamates (subject to hydrolysis) is 1. The molecule has 7 nitrogen and oxygen atoms in total. The number of amides is 2. The van der Waals surface area contributed by atoms with Gasteiger partial charge in [0.2, 0.25) is 5.91 Å². The number of rotatable bonds is 11. The first kappa shape index (κ1) is 24.6. The maximum atomic E-state index is 12.7. The maximum absolute atomic E-state index is 12.7. The molecule has 8 heteroatoms. The number of carbonyl (C=O) groups excluding carboxylic acids is 2. The number of fused-ring (bicyclic) bond motifs is 3. The van der Waals surface area contributed by atoms with Crippen LogP contribution in [-0.2, 0) is 14.3 Å². The van der Waals surface area contributed by atoms with E-state index in [1.54, 1.807) is 0 Å². The van der Waals surface area contributed by atoms with Gasteiger partial charge in [-0.3, -0.25) is 4.79 Å². The Hall–Kier alpha value is -3.00. The van der Waals surface area contributed by atoms with Gasteiger partial charge in [-0.15, -0.1) is 0 Å². The molecule has 0 saturated heterocycles. The molecule has 0 unspecified atom stereocenters. The average molecular weight is 471 g/mol. The van der Waals surface area contributed by atoms with Crippen LogP contribution in [0.15, 0.2) is 48.5 Å². The van der Waals surface area contributed by atoms with Gasteiger partial charge in [-0.1, -0.05) is 61.9 Å². The third-order valence-electron chi connectivity index (χ3n) is 5.75. The topological polar surface area (TPSA) is 105 Å². The molecular formula is C25H30N2O5S. The van der Waals surface area contributed by atoms with Gasteiger partial charge in [-0.2, -0.15) is 11.8 Å². The second kappa shape index (κ2) is 11.7. The number of nitrogens with one attached hydrogen (secondary N) is 2. The van der Waals surface area contributed by atoms with Gasteiger partial charge in [0.05, 0.1) is 0 Å². The summed E-state index contributed by atoms with van der Waals surface area (Å²) < 4.78 is 5.53. The third-order valence-corrected chi connectivity index (χ3v) is 6.40.